The summed E-state index contributed by atoms with van der Waals surface area (Å²) in [6.45, 7) is 5.25. The minimum absolute atomic E-state index is 0.171. The highest BCUT2D eigenvalue weighted by Crippen LogP contribution is 2.64. The van der Waals surface area contributed by atoms with Crippen LogP contribution in [-0.4, -0.2) is 34.4 Å². The topological polar surface area (TPSA) is 85.5 Å². The van der Waals surface area contributed by atoms with Crippen molar-refractivity contribution in [1.82, 2.24) is 10.1 Å². The molecule has 2 aliphatic rings. The Balaban J connectivity index is 1.77. The molecule has 6 heteroatoms. The van der Waals surface area contributed by atoms with Gasteiger partial charge in [0.15, 0.2) is 5.82 Å². The van der Waals surface area contributed by atoms with E-state index in [2.05, 4.69) is 10.1 Å². The SMILES string of the molecule is CC1(C)C(C(=O)O)C1c1nc(C2CCCOC2)no1. The van der Waals surface area contributed by atoms with Gasteiger partial charge in [0.25, 0.3) is 0 Å². The number of rotatable bonds is 3. The molecule has 3 rings (SSSR count). The van der Waals surface area contributed by atoms with Crippen LogP contribution in [0.3, 0.4) is 0 Å². The van der Waals surface area contributed by atoms with E-state index in [0.717, 1.165) is 19.4 Å². The van der Waals surface area contributed by atoms with Gasteiger partial charge in [0.2, 0.25) is 5.89 Å². The van der Waals surface area contributed by atoms with Gasteiger partial charge in [-0.05, 0) is 18.3 Å². The highest BCUT2D eigenvalue weighted by Gasteiger charge is 2.65. The van der Waals surface area contributed by atoms with Crippen molar-refractivity contribution in [3.63, 3.8) is 0 Å². The van der Waals surface area contributed by atoms with E-state index in [1.807, 2.05) is 13.8 Å². The Morgan fingerprint density at radius 3 is 2.84 bits per heavy atom. The maximum Gasteiger partial charge on any atom is 0.307 e. The summed E-state index contributed by atoms with van der Waals surface area (Å²) in [5.74, 6) is -0.106. The quantitative estimate of drug-likeness (QED) is 0.897. The maximum atomic E-state index is 11.2. The Morgan fingerprint density at radius 1 is 1.47 bits per heavy atom. The Kier molecular flexibility index (Phi) is 2.85. The Hall–Kier alpha value is -1.43. The van der Waals surface area contributed by atoms with Gasteiger partial charge in [0.1, 0.15) is 0 Å². The molecule has 1 aromatic heterocycles. The molecule has 0 spiro atoms. The molecule has 3 atom stereocenters. The third kappa shape index (κ3) is 2.04. The van der Waals surface area contributed by atoms with Gasteiger partial charge in [-0.2, -0.15) is 4.98 Å². The number of ether oxygens (including phenoxy) is 1. The zero-order chi connectivity index (χ0) is 13.6. The van der Waals surface area contributed by atoms with Gasteiger partial charge >= 0.3 is 5.97 Å². The van der Waals surface area contributed by atoms with Crippen LogP contribution < -0.4 is 0 Å². The summed E-state index contributed by atoms with van der Waals surface area (Å²) >= 11 is 0. The lowest BCUT2D eigenvalue weighted by atomic mass is 10.0. The monoisotopic (exact) mass is 266 g/mol. The average molecular weight is 266 g/mol. The van der Waals surface area contributed by atoms with E-state index in [0.29, 0.717) is 18.3 Å². The van der Waals surface area contributed by atoms with E-state index in [9.17, 15) is 4.79 Å². The van der Waals surface area contributed by atoms with E-state index in [4.69, 9.17) is 14.4 Å². The second-order valence-corrected chi connectivity index (χ2v) is 6.02. The summed E-state index contributed by atoms with van der Waals surface area (Å²) in [4.78, 5) is 15.6. The molecule has 0 radical (unpaired) electrons. The van der Waals surface area contributed by atoms with Gasteiger partial charge in [-0.25, -0.2) is 0 Å². The van der Waals surface area contributed by atoms with Crippen molar-refractivity contribution < 1.29 is 19.2 Å². The molecule has 104 valence electrons. The Morgan fingerprint density at radius 2 is 2.26 bits per heavy atom. The minimum atomic E-state index is -0.796. The summed E-state index contributed by atoms with van der Waals surface area (Å²) in [6.07, 6.45) is 2.00. The molecule has 1 saturated carbocycles. The van der Waals surface area contributed by atoms with E-state index in [1.165, 1.54) is 0 Å². The second-order valence-electron chi connectivity index (χ2n) is 6.02. The minimum Gasteiger partial charge on any atom is -0.481 e. The third-order valence-electron chi connectivity index (χ3n) is 4.34. The molecule has 0 amide bonds. The standard InChI is InChI=1S/C13H18N2O4/c1-13(2)8(9(13)12(16)17)11-14-10(15-19-11)7-4-3-5-18-6-7/h7-9H,3-6H2,1-2H3,(H,16,17). The Labute approximate surface area is 111 Å². The lowest BCUT2D eigenvalue weighted by molar-refractivity contribution is -0.139. The summed E-state index contributed by atoms with van der Waals surface area (Å²) in [6, 6.07) is 0. The zero-order valence-corrected chi connectivity index (χ0v) is 11.1. The molecule has 1 aliphatic heterocycles. The van der Waals surface area contributed by atoms with Crippen molar-refractivity contribution in [3.05, 3.63) is 11.7 Å². The molecule has 3 unspecified atom stereocenters. The largest absolute Gasteiger partial charge is 0.481 e. The van der Waals surface area contributed by atoms with Crippen LogP contribution in [0.2, 0.25) is 0 Å². The predicted octanol–water partition coefficient (Wildman–Crippen LogP) is 1.79. The fourth-order valence-electron chi connectivity index (χ4n) is 3.04. The fraction of sp³-hybridized carbons (Fsp3) is 0.769. The number of carbonyl (C=O) groups is 1. The number of carboxylic acid groups (broad SMARTS) is 1. The smallest absolute Gasteiger partial charge is 0.307 e. The molecule has 6 nitrogen and oxygen atoms in total. The number of aromatic nitrogens is 2. The van der Waals surface area contributed by atoms with Gasteiger partial charge in [-0.15, -0.1) is 0 Å². The van der Waals surface area contributed by atoms with Gasteiger partial charge in [-0.3, -0.25) is 4.79 Å². The zero-order valence-electron chi connectivity index (χ0n) is 11.1. The van der Waals surface area contributed by atoms with Gasteiger partial charge in [0, 0.05) is 12.5 Å². The lowest BCUT2D eigenvalue weighted by Gasteiger charge is -2.18. The van der Waals surface area contributed by atoms with E-state index in [1.54, 1.807) is 0 Å². The molecular formula is C13H18N2O4. The third-order valence-corrected chi connectivity index (χ3v) is 4.34. The molecule has 2 heterocycles. The first-order valence-corrected chi connectivity index (χ1v) is 6.66. The molecule has 1 saturated heterocycles. The van der Waals surface area contributed by atoms with Crippen LogP contribution in [-0.2, 0) is 9.53 Å². The molecule has 1 N–H and O–H groups in total. The molecule has 0 aromatic carbocycles. The number of nitrogens with zero attached hydrogens (tertiary/aromatic N) is 2. The van der Waals surface area contributed by atoms with Gasteiger partial charge in [-0.1, -0.05) is 19.0 Å². The van der Waals surface area contributed by atoms with E-state index >= 15 is 0 Å². The fourth-order valence-corrected chi connectivity index (χ4v) is 3.04. The van der Waals surface area contributed by atoms with Crippen LogP contribution in [0.1, 0.15) is 50.2 Å². The van der Waals surface area contributed by atoms with Crippen molar-refractivity contribution in [2.24, 2.45) is 11.3 Å². The summed E-state index contributed by atoms with van der Waals surface area (Å²) in [5.41, 5.74) is -0.307. The van der Waals surface area contributed by atoms with Crippen molar-refractivity contribution >= 4 is 5.97 Å². The highest BCUT2D eigenvalue weighted by molar-refractivity contribution is 5.77. The number of carboxylic acids is 1. The molecule has 0 bridgehead atoms. The van der Waals surface area contributed by atoms with Crippen molar-refractivity contribution in [2.75, 3.05) is 13.2 Å². The van der Waals surface area contributed by atoms with Crippen LogP contribution in [0.25, 0.3) is 0 Å². The molecule has 19 heavy (non-hydrogen) atoms. The number of hydrogen-bond donors (Lipinski definition) is 1. The second kappa shape index (κ2) is 4.30. The van der Waals surface area contributed by atoms with Crippen LogP contribution in [0.4, 0.5) is 0 Å². The number of hydrogen-bond acceptors (Lipinski definition) is 5. The summed E-state index contributed by atoms with van der Waals surface area (Å²) < 4.78 is 10.7. The first kappa shape index (κ1) is 12.6. The summed E-state index contributed by atoms with van der Waals surface area (Å²) in [5, 5.41) is 13.2. The van der Waals surface area contributed by atoms with Crippen LogP contribution in [0.5, 0.6) is 0 Å². The van der Waals surface area contributed by atoms with Crippen LogP contribution in [0, 0.1) is 11.3 Å². The molecule has 2 fully saturated rings. The average Bonchev–Trinajstić information content (AvgIpc) is 2.76. The lowest BCUT2D eigenvalue weighted by Crippen LogP contribution is -2.16. The van der Waals surface area contributed by atoms with Crippen LogP contribution in [0.15, 0.2) is 4.52 Å². The molecular weight excluding hydrogens is 248 g/mol. The van der Waals surface area contributed by atoms with Crippen molar-refractivity contribution in [2.45, 2.75) is 38.5 Å². The first-order chi connectivity index (χ1) is 9.01. The highest BCUT2D eigenvalue weighted by atomic mass is 16.5. The van der Waals surface area contributed by atoms with Gasteiger partial charge < -0.3 is 14.4 Å². The van der Waals surface area contributed by atoms with Gasteiger partial charge in [0.05, 0.1) is 18.4 Å². The predicted molar refractivity (Wildman–Crippen MR) is 64.7 cm³/mol. The first-order valence-electron chi connectivity index (χ1n) is 6.66. The van der Waals surface area contributed by atoms with E-state index < -0.39 is 11.9 Å². The maximum absolute atomic E-state index is 11.2. The van der Waals surface area contributed by atoms with Crippen molar-refractivity contribution in [3.8, 4) is 0 Å². The Bertz CT molecular complexity index is 491. The summed E-state index contributed by atoms with van der Waals surface area (Å²) in [7, 11) is 0. The molecule has 1 aliphatic carbocycles. The van der Waals surface area contributed by atoms with E-state index in [-0.39, 0.29) is 17.3 Å². The normalized spacial score (nSPS) is 33.1. The van der Waals surface area contributed by atoms with Crippen molar-refractivity contribution in [1.29, 1.82) is 0 Å². The molecule has 1 aromatic rings. The van der Waals surface area contributed by atoms with Crippen LogP contribution >= 0.6 is 0 Å². The number of aliphatic carboxylic acids is 1.